The van der Waals surface area contributed by atoms with Crippen LogP contribution in [0.4, 0.5) is 4.79 Å². The molecule has 0 saturated carbocycles. The lowest BCUT2D eigenvalue weighted by Crippen LogP contribution is -2.44. The molecule has 0 spiro atoms. The first kappa shape index (κ1) is 22.4. The van der Waals surface area contributed by atoms with Gasteiger partial charge in [-0.3, -0.25) is 4.79 Å². The Hall–Kier alpha value is -2.24. The number of carbonyl (C=O) groups is 2. The quantitative estimate of drug-likeness (QED) is 0.716. The van der Waals surface area contributed by atoms with Gasteiger partial charge in [-0.05, 0) is 70.4 Å². The maximum absolute atomic E-state index is 12.7. The minimum Gasteiger partial charge on any atom is -0.493 e. The van der Waals surface area contributed by atoms with E-state index in [1.54, 1.807) is 4.90 Å². The molecule has 0 N–H and O–H groups in total. The molecule has 1 aromatic carbocycles. The molecular formula is C24H36N2O4. The van der Waals surface area contributed by atoms with E-state index in [1.165, 1.54) is 0 Å². The van der Waals surface area contributed by atoms with E-state index in [-0.39, 0.29) is 12.0 Å². The highest BCUT2D eigenvalue weighted by Crippen LogP contribution is 2.25. The summed E-state index contributed by atoms with van der Waals surface area (Å²) in [6.07, 6.45) is 4.07. The van der Waals surface area contributed by atoms with Gasteiger partial charge in [-0.2, -0.15) is 0 Å². The van der Waals surface area contributed by atoms with Crippen LogP contribution in [0.25, 0.3) is 0 Å². The Labute approximate surface area is 180 Å². The molecule has 1 aromatic rings. The third kappa shape index (κ3) is 6.92. The van der Waals surface area contributed by atoms with Crippen LogP contribution in [-0.4, -0.2) is 60.2 Å². The predicted molar refractivity (Wildman–Crippen MR) is 116 cm³/mol. The average molecular weight is 417 g/mol. The molecule has 3 rings (SSSR count). The lowest BCUT2D eigenvalue weighted by atomic mass is 9.92. The zero-order valence-corrected chi connectivity index (χ0v) is 18.6. The van der Waals surface area contributed by atoms with Crippen molar-refractivity contribution in [2.24, 2.45) is 11.8 Å². The van der Waals surface area contributed by atoms with Crippen molar-refractivity contribution in [1.82, 2.24) is 9.80 Å². The number of likely N-dealkylation sites (tertiary alicyclic amines) is 2. The summed E-state index contributed by atoms with van der Waals surface area (Å²) in [5, 5.41) is 0. The van der Waals surface area contributed by atoms with Crippen LogP contribution >= 0.6 is 0 Å². The minimum atomic E-state index is -0.470. The molecule has 2 aliphatic rings. The van der Waals surface area contributed by atoms with Crippen LogP contribution in [0.1, 0.15) is 52.9 Å². The van der Waals surface area contributed by atoms with Crippen molar-refractivity contribution in [3.05, 3.63) is 30.3 Å². The fourth-order valence-electron chi connectivity index (χ4n) is 4.10. The molecule has 0 atom stereocenters. The average Bonchev–Trinajstić information content (AvgIpc) is 2.72. The van der Waals surface area contributed by atoms with Gasteiger partial charge in [0.15, 0.2) is 0 Å². The molecule has 0 bridgehead atoms. The van der Waals surface area contributed by atoms with Gasteiger partial charge >= 0.3 is 6.09 Å². The Morgan fingerprint density at radius 3 is 2.07 bits per heavy atom. The Morgan fingerprint density at radius 1 is 0.900 bits per heavy atom. The molecule has 166 valence electrons. The van der Waals surface area contributed by atoms with Gasteiger partial charge in [0.1, 0.15) is 11.4 Å². The van der Waals surface area contributed by atoms with Crippen molar-refractivity contribution >= 4 is 12.0 Å². The van der Waals surface area contributed by atoms with Crippen molar-refractivity contribution in [1.29, 1.82) is 0 Å². The lowest BCUT2D eigenvalue weighted by molar-refractivity contribution is -0.134. The van der Waals surface area contributed by atoms with E-state index in [9.17, 15) is 9.59 Å². The molecule has 0 aromatic heterocycles. The van der Waals surface area contributed by atoms with E-state index < -0.39 is 5.60 Å². The van der Waals surface area contributed by atoms with E-state index in [4.69, 9.17) is 9.47 Å². The van der Waals surface area contributed by atoms with E-state index >= 15 is 0 Å². The summed E-state index contributed by atoms with van der Waals surface area (Å²) in [7, 11) is 0. The molecule has 0 unspecified atom stereocenters. The van der Waals surface area contributed by atoms with E-state index in [2.05, 4.69) is 0 Å². The molecule has 2 aliphatic heterocycles. The zero-order valence-electron chi connectivity index (χ0n) is 18.6. The fraction of sp³-hybridized carbons (Fsp3) is 0.667. The molecule has 30 heavy (non-hydrogen) atoms. The number of benzene rings is 1. The van der Waals surface area contributed by atoms with Crippen LogP contribution in [0, 0.1) is 11.8 Å². The number of amides is 2. The van der Waals surface area contributed by atoms with Crippen LogP contribution in [0.2, 0.25) is 0 Å². The predicted octanol–water partition coefficient (Wildman–Crippen LogP) is 4.34. The number of hydrogen-bond donors (Lipinski definition) is 0. The van der Waals surface area contributed by atoms with E-state index in [1.807, 2.05) is 56.0 Å². The second-order valence-electron chi connectivity index (χ2n) is 9.56. The van der Waals surface area contributed by atoms with Gasteiger partial charge < -0.3 is 19.3 Å². The van der Waals surface area contributed by atoms with E-state index in [0.717, 1.165) is 51.1 Å². The fourth-order valence-corrected chi connectivity index (χ4v) is 4.10. The number of ether oxygens (including phenoxy) is 2. The normalized spacial score (nSPS) is 18.9. The summed E-state index contributed by atoms with van der Waals surface area (Å²) in [6, 6.07) is 9.90. The van der Waals surface area contributed by atoms with E-state index in [0.29, 0.717) is 31.3 Å². The zero-order chi connectivity index (χ0) is 21.6. The standard InChI is InChI=1S/C24H36N2O4/c1-24(2,3)30-23(28)26-15-9-19(10-16-26)17-22(27)25-13-11-20(12-14-25)18-29-21-7-5-4-6-8-21/h4-8,19-20H,9-18H2,1-3H3. The number of piperidine rings is 2. The van der Waals surface area contributed by atoms with Gasteiger partial charge in [0.25, 0.3) is 0 Å². The molecule has 2 heterocycles. The van der Waals surface area contributed by atoms with Gasteiger partial charge in [-0.15, -0.1) is 0 Å². The second-order valence-corrected chi connectivity index (χ2v) is 9.56. The molecular weight excluding hydrogens is 380 g/mol. The number of hydrogen-bond acceptors (Lipinski definition) is 4. The molecule has 2 amide bonds. The number of rotatable bonds is 5. The Balaban J connectivity index is 1.34. The Morgan fingerprint density at radius 2 is 1.47 bits per heavy atom. The highest BCUT2D eigenvalue weighted by atomic mass is 16.6. The van der Waals surface area contributed by atoms with Crippen LogP contribution < -0.4 is 4.74 Å². The van der Waals surface area contributed by atoms with Crippen molar-refractivity contribution < 1.29 is 19.1 Å². The molecule has 2 saturated heterocycles. The Bertz CT molecular complexity index is 685. The summed E-state index contributed by atoms with van der Waals surface area (Å²) >= 11 is 0. The maximum Gasteiger partial charge on any atom is 0.410 e. The summed E-state index contributed by atoms with van der Waals surface area (Å²) in [4.78, 5) is 28.7. The van der Waals surface area contributed by atoms with Crippen LogP contribution in [0.15, 0.2) is 30.3 Å². The number of nitrogens with zero attached hydrogens (tertiary/aromatic N) is 2. The first-order valence-corrected chi connectivity index (χ1v) is 11.2. The second kappa shape index (κ2) is 10.2. The van der Waals surface area contributed by atoms with Gasteiger partial charge in [-0.25, -0.2) is 4.79 Å². The van der Waals surface area contributed by atoms with Crippen LogP contribution in [0.3, 0.4) is 0 Å². The Kier molecular flexibility index (Phi) is 7.62. The summed E-state index contributed by atoms with van der Waals surface area (Å²) in [5.74, 6) is 2.03. The molecule has 0 radical (unpaired) electrons. The highest BCUT2D eigenvalue weighted by molar-refractivity contribution is 5.76. The van der Waals surface area contributed by atoms with Crippen LogP contribution in [0.5, 0.6) is 5.75 Å². The topological polar surface area (TPSA) is 59.1 Å². The molecule has 6 nitrogen and oxygen atoms in total. The first-order valence-electron chi connectivity index (χ1n) is 11.2. The van der Waals surface area contributed by atoms with Gasteiger partial charge in [0.05, 0.1) is 6.61 Å². The van der Waals surface area contributed by atoms with Crippen molar-refractivity contribution in [2.45, 2.75) is 58.5 Å². The largest absolute Gasteiger partial charge is 0.493 e. The van der Waals surface area contributed by atoms with Crippen molar-refractivity contribution in [3.8, 4) is 5.75 Å². The van der Waals surface area contributed by atoms with Crippen LogP contribution in [-0.2, 0) is 9.53 Å². The van der Waals surface area contributed by atoms with Crippen molar-refractivity contribution in [3.63, 3.8) is 0 Å². The number of para-hydroxylation sites is 1. The summed E-state index contributed by atoms with van der Waals surface area (Å²) in [6.45, 7) is 9.34. The summed E-state index contributed by atoms with van der Waals surface area (Å²) in [5.41, 5.74) is -0.470. The van der Waals surface area contributed by atoms with Gasteiger partial charge in [-0.1, -0.05) is 18.2 Å². The third-order valence-electron chi connectivity index (χ3n) is 5.93. The smallest absolute Gasteiger partial charge is 0.410 e. The molecule has 0 aliphatic carbocycles. The monoisotopic (exact) mass is 416 g/mol. The van der Waals surface area contributed by atoms with Crippen molar-refractivity contribution in [2.75, 3.05) is 32.8 Å². The van der Waals surface area contributed by atoms with Gasteiger partial charge in [0.2, 0.25) is 5.91 Å². The minimum absolute atomic E-state index is 0.243. The SMILES string of the molecule is CC(C)(C)OC(=O)N1CCC(CC(=O)N2CCC(COc3ccccc3)CC2)CC1. The first-order chi connectivity index (χ1) is 14.3. The maximum atomic E-state index is 12.7. The lowest BCUT2D eigenvalue weighted by Gasteiger charge is -2.35. The highest BCUT2D eigenvalue weighted by Gasteiger charge is 2.30. The summed E-state index contributed by atoms with van der Waals surface area (Å²) < 4.78 is 11.3. The molecule has 6 heteroatoms. The van der Waals surface area contributed by atoms with Gasteiger partial charge in [0, 0.05) is 32.6 Å². The molecule has 2 fully saturated rings. The third-order valence-corrected chi connectivity index (χ3v) is 5.93. The number of carbonyl (C=O) groups excluding carboxylic acids is 2.